The molecule has 1 N–H and O–H groups in total. The number of hydrogen-bond acceptors (Lipinski definition) is 3. The van der Waals surface area contributed by atoms with E-state index in [1.807, 2.05) is 20.8 Å². The summed E-state index contributed by atoms with van der Waals surface area (Å²) in [6.07, 6.45) is 1.50. The molecule has 1 atom stereocenters. The molecule has 0 saturated carbocycles. The molecule has 0 radical (unpaired) electrons. The Labute approximate surface area is 118 Å². The van der Waals surface area contributed by atoms with Gasteiger partial charge < -0.3 is 14.9 Å². The van der Waals surface area contributed by atoms with Crippen molar-refractivity contribution >= 4 is 17.8 Å². The van der Waals surface area contributed by atoms with Crippen LogP contribution in [0.2, 0.25) is 0 Å². The third-order valence-electron chi connectivity index (χ3n) is 3.98. The summed E-state index contributed by atoms with van der Waals surface area (Å²) in [5, 5.41) is 8.84. The van der Waals surface area contributed by atoms with Gasteiger partial charge in [-0.3, -0.25) is 14.4 Å². The van der Waals surface area contributed by atoms with E-state index in [-0.39, 0.29) is 24.9 Å². The van der Waals surface area contributed by atoms with Crippen molar-refractivity contribution in [3.63, 3.8) is 0 Å². The minimum absolute atomic E-state index is 0.0105. The first kappa shape index (κ1) is 14.8. The number of amides is 2. The van der Waals surface area contributed by atoms with Gasteiger partial charge in [-0.1, -0.05) is 20.8 Å². The molecule has 0 aromatic rings. The zero-order valence-corrected chi connectivity index (χ0v) is 12.3. The quantitative estimate of drug-likeness (QED) is 0.803. The largest absolute Gasteiger partial charge is 0.481 e. The van der Waals surface area contributed by atoms with E-state index in [0.717, 1.165) is 6.42 Å². The fourth-order valence-corrected chi connectivity index (χ4v) is 2.72. The molecule has 0 aromatic heterocycles. The monoisotopic (exact) mass is 282 g/mol. The molecule has 2 heterocycles. The van der Waals surface area contributed by atoms with E-state index in [9.17, 15) is 14.4 Å². The first-order valence-corrected chi connectivity index (χ1v) is 7.04. The van der Waals surface area contributed by atoms with Gasteiger partial charge in [0.15, 0.2) is 0 Å². The minimum atomic E-state index is -0.858. The van der Waals surface area contributed by atoms with E-state index < -0.39 is 23.3 Å². The molecule has 112 valence electrons. The summed E-state index contributed by atoms with van der Waals surface area (Å²) < 4.78 is 0. The summed E-state index contributed by atoms with van der Waals surface area (Å²) in [7, 11) is 0. The van der Waals surface area contributed by atoms with Crippen LogP contribution in [0.5, 0.6) is 0 Å². The molecule has 0 aromatic carbocycles. The first-order chi connectivity index (χ1) is 9.21. The second-order valence-corrected chi connectivity index (χ2v) is 6.68. The summed E-state index contributed by atoms with van der Waals surface area (Å²) in [5.41, 5.74) is -0.499. The van der Waals surface area contributed by atoms with Crippen molar-refractivity contribution in [2.24, 2.45) is 11.3 Å². The normalized spacial score (nSPS) is 23.6. The van der Waals surface area contributed by atoms with Crippen molar-refractivity contribution in [3.8, 4) is 0 Å². The number of carboxylic acids is 1. The fraction of sp³-hybridized carbons (Fsp3) is 0.786. The van der Waals surface area contributed by atoms with E-state index in [1.54, 1.807) is 9.80 Å². The molecule has 0 bridgehead atoms. The van der Waals surface area contributed by atoms with E-state index >= 15 is 0 Å². The van der Waals surface area contributed by atoms with Crippen LogP contribution in [0.25, 0.3) is 0 Å². The molecule has 1 unspecified atom stereocenters. The lowest BCUT2D eigenvalue weighted by atomic mass is 9.93. The van der Waals surface area contributed by atoms with Crippen LogP contribution in [0.15, 0.2) is 0 Å². The SMILES string of the molecule is CC(C)(C)C(=O)N1CCCC1C(=O)N1CC(C(=O)O)C1. The average Bonchev–Trinajstić information content (AvgIpc) is 2.72. The smallest absolute Gasteiger partial charge is 0.310 e. The second kappa shape index (κ2) is 5.07. The maximum atomic E-state index is 12.4. The van der Waals surface area contributed by atoms with E-state index in [2.05, 4.69) is 0 Å². The summed E-state index contributed by atoms with van der Waals surface area (Å²) in [5.74, 6) is -1.42. The number of rotatable bonds is 2. The van der Waals surface area contributed by atoms with Crippen molar-refractivity contribution in [2.45, 2.75) is 39.7 Å². The van der Waals surface area contributed by atoms with Crippen molar-refractivity contribution < 1.29 is 19.5 Å². The topological polar surface area (TPSA) is 77.9 Å². The first-order valence-electron chi connectivity index (χ1n) is 7.04. The van der Waals surface area contributed by atoms with Gasteiger partial charge >= 0.3 is 5.97 Å². The number of likely N-dealkylation sites (tertiary alicyclic amines) is 2. The molecule has 2 amide bonds. The number of carbonyl (C=O) groups excluding carboxylic acids is 2. The Morgan fingerprint density at radius 3 is 2.25 bits per heavy atom. The maximum Gasteiger partial charge on any atom is 0.310 e. The third-order valence-corrected chi connectivity index (χ3v) is 3.98. The highest BCUT2D eigenvalue weighted by Gasteiger charge is 2.44. The standard InChI is InChI=1S/C14H22N2O4/c1-14(2,3)13(20)16-6-4-5-10(16)11(17)15-7-9(8-15)12(18)19/h9-10H,4-8H2,1-3H3,(H,18,19). The van der Waals surface area contributed by atoms with Gasteiger partial charge in [0, 0.05) is 25.0 Å². The Kier molecular flexibility index (Phi) is 3.75. The van der Waals surface area contributed by atoms with Crippen LogP contribution in [0.1, 0.15) is 33.6 Å². The van der Waals surface area contributed by atoms with Crippen LogP contribution < -0.4 is 0 Å². The van der Waals surface area contributed by atoms with Crippen molar-refractivity contribution in [1.82, 2.24) is 9.80 Å². The molecule has 2 rings (SSSR count). The molecule has 20 heavy (non-hydrogen) atoms. The zero-order chi connectivity index (χ0) is 15.1. The zero-order valence-electron chi connectivity index (χ0n) is 12.3. The van der Waals surface area contributed by atoms with E-state index in [0.29, 0.717) is 13.0 Å². The minimum Gasteiger partial charge on any atom is -0.481 e. The number of hydrogen-bond donors (Lipinski definition) is 1. The summed E-state index contributed by atoms with van der Waals surface area (Å²) in [6, 6.07) is -0.406. The van der Waals surface area contributed by atoms with E-state index in [4.69, 9.17) is 5.11 Å². The second-order valence-electron chi connectivity index (χ2n) is 6.68. The summed E-state index contributed by atoms with van der Waals surface area (Å²) >= 11 is 0. The molecule has 0 aliphatic carbocycles. The highest BCUT2D eigenvalue weighted by Crippen LogP contribution is 2.28. The predicted molar refractivity (Wildman–Crippen MR) is 71.9 cm³/mol. The highest BCUT2D eigenvalue weighted by atomic mass is 16.4. The van der Waals surface area contributed by atoms with Crippen molar-refractivity contribution in [1.29, 1.82) is 0 Å². The van der Waals surface area contributed by atoms with Crippen LogP contribution in [0.4, 0.5) is 0 Å². The van der Waals surface area contributed by atoms with Crippen LogP contribution in [0, 0.1) is 11.3 Å². The molecule has 2 aliphatic rings. The number of carboxylic acid groups (broad SMARTS) is 1. The summed E-state index contributed by atoms with van der Waals surface area (Å²) in [4.78, 5) is 38.7. The number of aliphatic carboxylic acids is 1. The lowest BCUT2D eigenvalue weighted by molar-refractivity contribution is -0.158. The van der Waals surface area contributed by atoms with Gasteiger partial charge in [0.2, 0.25) is 11.8 Å². The Morgan fingerprint density at radius 1 is 1.15 bits per heavy atom. The molecule has 2 saturated heterocycles. The number of nitrogens with zero attached hydrogens (tertiary/aromatic N) is 2. The van der Waals surface area contributed by atoms with Crippen LogP contribution in [-0.4, -0.2) is 58.4 Å². The van der Waals surface area contributed by atoms with Crippen molar-refractivity contribution in [2.75, 3.05) is 19.6 Å². The van der Waals surface area contributed by atoms with Crippen LogP contribution in [-0.2, 0) is 14.4 Å². The Morgan fingerprint density at radius 2 is 1.75 bits per heavy atom. The van der Waals surface area contributed by atoms with Gasteiger partial charge in [-0.25, -0.2) is 0 Å². The van der Waals surface area contributed by atoms with Gasteiger partial charge in [0.25, 0.3) is 0 Å². The molecule has 0 spiro atoms. The molecule has 6 nitrogen and oxygen atoms in total. The molecule has 2 aliphatic heterocycles. The lowest BCUT2D eigenvalue weighted by Gasteiger charge is -2.40. The van der Waals surface area contributed by atoms with Gasteiger partial charge in [0.05, 0.1) is 5.92 Å². The van der Waals surface area contributed by atoms with Crippen LogP contribution in [0.3, 0.4) is 0 Å². The third kappa shape index (κ3) is 2.64. The summed E-state index contributed by atoms with van der Waals surface area (Å²) in [6.45, 7) is 6.69. The van der Waals surface area contributed by atoms with Gasteiger partial charge in [-0.05, 0) is 12.8 Å². The number of carbonyl (C=O) groups is 3. The van der Waals surface area contributed by atoms with Crippen molar-refractivity contribution in [3.05, 3.63) is 0 Å². The maximum absolute atomic E-state index is 12.4. The average molecular weight is 282 g/mol. The van der Waals surface area contributed by atoms with Gasteiger partial charge in [-0.2, -0.15) is 0 Å². The Bertz CT molecular complexity index is 435. The highest BCUT2D eigenvalue weighted by molar-refractivity contribution is 5.91. The van der Waals surface area contributed by atoms with Crippen LogP contribution >= 0.6 is 0 Å². The lowest BCUT2D eigenvalue weighted by Crippen LogP contribution is -2.58. The van der Waals surface area contributed by atoms with E-state index in [1.165, 1.54) is 0 Å². The Hall–Kier alpha value is -1.59. The molecule has 6 heteroatoms. The molecule has 2 fully saturated rings. The molecular formula is C14H22N2O4. The fourth-order valence-electron chi connectivity index (χ4n) is 2.72. The van der Waals surface area contributed by atoms with Gasteiger partial charge in [0.1, 0.15) is 6.04 Å². The Balaban J connectivity index is 2.00. The molecular weight excluding hydrogens is 260 g/mol. The predicted octanol–water partition coefficient (Wildman–Crippen LogP) is 0.566. The van der Waals surface area contributed by atoms with Gasteiger partial charge in [-0.15, -0.1) is 0 Å².